The Hall–Kier alpha value is -5.20. The summed E-state index contributed by atoms with van der Waals surface area (Å²) in [5.41, 5.74) is 6.01. The highest BCUT2D eigenvalue weighted by Gasteiger charge is 2.11. The van der Waals surface area contributed by atoms with Crippen molar-refractivity contribution in [2.75, 3.05) is 16.1 Å². The van der Waals surface area contributed by atoms with E-state index in [0.717, 1.165) is 0 Å². The van der Waals surface area contributed by atoms with E-state index in [9.17, 15) is 14.9 Å². The Kier molecular flexibility index (Phi) is 6.21. The van der Waals surface area contributed by atoms with Crippen molar-refractivity contribution in [2.24, 2.45) is 0 Å². The van der Waals surface area contributed by atoms with Gasteiger partial charge in [0.2, 0.25) is 17.8 Å². The number of rotatable bonds is 8. The SMILES string of the molecule is O=C(NNc1nc(Nc2ccc([N+](=O)[O-])cc2)nc(Nc2ccccn2)n1)c1ccncc1. The molecular formula is C20H16N10O3. The predicted octanol–water partition coefficient (Wildman–Crippen LogP) is 2.81. The molecule has 0 saturated carbocycles. The molecule has 0 fully saturated rings. The molecule has 0 spiro atoms. The minimum absolute atomic E-state index is 0.0373. The van der Waals surface area contributed by atoms with Crippen molar-refractivity contribution < 1.29 is 9.72 Å². The van der Waals surface area contributed by atoms with Gasteiger partial charge in [-0.3, -0.25) is 30.7 Å². The van der Waals surface area contributed by atoms with Gasteiger partial charge in [0.15, 0.2) is 0 Å². The summed E-state index contributed by atoms with van der Waals surface area (Å²) in [5.74, 6) is 0.389. The maximum atomic E-state index is 12.3. The second-order valence-corrected chi connectivity index (χ2v) is 6.39. The molecule has 3 aromatic heterocycles. The molecule has 4 aromatic rings. The lowest BCUT2D eigenvalue weighted by Gasteiger charge is -2.11. The zero-order chi connectivity index (χ0) is 23.0. The number of nitrogens with zero attached hydrogens (tertiary/aromatic N) is 6. The molecule has 3 heterocycles. The van der Waals surface area contributed by atoms with Crippen molar-refractivity contribution >= 4 is 40.9 Å². The van der Waals surface area contributed by atoms with Crippen LogP contribution in [0.25, 0.3) is 0 Å². The molecular weight excluding hydrogens is 428 g/mol. The number of nitro groups is 1. The number of benzene rings is 1. The van der Waals surface area contributed by atoms with Gasteiger partial charge in [-0.25, -0.2) is 4.98 Å². The monoisotopic (exact) mass is 444 g/mol. The molecule has 0 radical (unpaired) electrons. The maximum absolute atomic E-state index is 12.3. The van der Waals surface area contributed by atoms with Crippen LogP contribution in [-0.2, 0) is 0 Å². The first-order chi connectivity index (χ1) is 16.1. The summed E-state index contributed by atoms with van der Waals surface area (Å²) in [6, 6.07) is 14.1. The van der Waals surface area contributed by atoms with E-state index in [1.807, 2.05) is 0 Å². The third kappa shape index (κ3) is 5.69. The van der Waals surface area contributed by atoms with E-state index in [-0.39, 0.29) is 23.5 Å². The average molecular weight is 444 g/mol. The molecule has 4 N–H and O–H groups in total. The first-order valence-electron chi connectivity index (χ1n) is 9.49. The molecule has 0 unspecified atom stereocenters. The largest absolute Gasteiger partial charge is 0.324 e. The number of nitro benzene ring substituents is 1. The average Bonchev–Trinajstić information content (AvgIpc) is 2.84. The minimum atomic E-state index is -0.491. The van der Waals surface area contributed by atoms with E-state index >= 15 is 0 Å². The lowest BCUT2D eigenvalue weighted by molar-refractivity contribution is -0.384. The maximum Gasteiger partial charge on any atom is 0.269 e. The first-order valence-corrected chi connectivity index (χ1v) is 9.49. The third-order valence-electron chi connectivity index (χ3n) is 4.10. The van der Waals surface area contributed by atoms with E-state index in [1.165, 1.54) is 36.7 Å². The summed E-state index contributed by atoms with van der Waals surface area (Å²) >= 11 is 0. The summed E-state index contributed by atoms with van der Waals surface area (Å²) in [5, 5.41) is 16.8. The molecule has 0 bridgehead atoms. The van der Waals surface area contributed by atoms with Gasteiger partial charge in [-0.05, 0) is 36.4 Å². The van der Waals surface area contributed by atoms with Crippen molar-refractivity contribution in [1.29, 1.82) is 0 Å². The van der Waals surface area contributed by atoms with Crippen LogP contribution in [0.15, 0.2) is 73.2 Å². The van der Waals surface area contributed by atoms with Gasteiger partial charge in [-0.15, -0.1) is 0 Å². The predicted molar refractivity (Wildman–Crippen MR) is 119 cm³/mol. The Balaban J connectivity index is 1.56. The molecule has 0 saturated heterocycles. The van der Waals surface area contributed by atoms with Crippen LogP contribution in [0.5, 0.6) is 0 Å². The van der Waals surface area contributed by atoms with Crippen molar-refractivity contribution in [2.45, 2.75) is 0 Å². The molecule has 0 atom stereocenters. The van der Waals surface area contributed by atoms with Crippen molar-refractivity contribution in [3.05, 3.63) is 88.9 Å². The second kappa shape index (κ2) is 9.74. The molecule has 0 aliphatic heterocycles. The van der Waals surface area contributed by atoms with Crippen LogP contribution in [0.3, 0.4) is 0 Å². The van der Waals surface area contributed by atoms with Crippen LogP contribution in [0, 0.1) is 10.1 Å². The Labute approximate surface area is 186 Å². The summed E-state index contributed by atoms with van der Waals surface area (Å²) in [6.07, 6.45) is 4.60. The fraction of sp³-hybridized carbons (Fsp3) is 0. The van der Waals surface area contributed by atoms with Gasteiger partial charge in [0, 0.05) is 42.0 Å². The second-order valence-electron chi connectivity index (χ2n) is 6.39. The highest BCUT2D eigenvalue weighted by atomic mass is 16.6. The fourth-order valence-corrected chi connectivity index (χ4v) is 2.58. The number of hydrogen-bond donors (Lipinski definition) is 4. The molecule has 1 amide bonds. The number of pyridine rings is 2. The molecule has 33 heavy (non-hydrogen) atoms. The normalized spacial score (nSPS) is 10.2. The van der Waals surface area contributed by atoms with E-state index in [0.29, 0.717) is 17.1 Å². The molecule has 0 aliphatic rings. The van der Waals surface area contributed by atoms with Crippen LogP contribution >= 0.6 is 0 Å². The number of nitrogens with one attached hydrogen (secondary N) is 4. The number of non-ortho nitro benzene ring substituents is 1. The third-order valence-corrected chi connectivity index (χ3v) is 4.10. The van der Waals surface area contributed by atoms with Gasteiger partial charge in [-0.1, -0.05) is 6.07 Å². The van der Waals surface area contributed by atoms with Gasteiger partial charge >= 0.3 is 0 Å². The number of amides is 1. The lowest BCUT2D eigenvalue weighted by atomic mass is 10.3. The number of carbonyl (C=O) groups is 1. The van der Waals surface area contributed by atoms with Crippen LogP contribution in [-0.4, -0.2) is 35.8 Å². The zero-order valence-electron chi connectivity index (χ0n) is 16.8. The number of hydrazine groups is 1. The van der Waals surface area contributed by atoms with E-state index in [4.69, 9.17) is 0 Å². The van der Waals surface area contributed by atoms with Gasteiger partial charge in [0.05, 0.1) is 4.92 Å². The van der Waals surface area contributed by atoms with Gasteiger partial charge in [-0.2, -0.15) is 15.0 Å². The van der Waals surface area contributed by atoms with Crippen molar-refractivity contribution in [3.8, 4) is 0 Å². The van der Waals surface area contributed by atoms with Crippen LogP contribution in [0.4, 0.5) is 35.0 Å². The Morgan fingerprint density at radius 1 is 0.818 bits per heavy atom. The quantitative estimate of drug-likeness (QED) is 0.232. The zero-order valence-corrected chi connectivity index (χ0v) is 16.8. The Morgan fingerprint density at radius 2 is 1.52 bits per heavy atom. The van der Waals surface area contributed by atoms with E-state index < -0.39 is 10.8 Å². The van der Waals surface area contributed by atoms with Crippen LogP contribution < -0.4 is 21.5 Å². The minimum Gasteiger partial charge on any atom is -0.324 e. The van der Waals surface area contributed by atoms with Crippen LogP contribution in [0.1, 0.15) is 10.4 Å². The summed E-state index contributed by atoms with van der Waals surface area (Å²) < 4.78 is 0. The molecule has 13 nitrogen and oxygen atoms in total. The highest BCUT2D eigenvalue weighted by molar-refractivity contribution is 5.94. The van der Waals surface area contributed by atoms with E-state index in [1.54, 1.807) is 36.5 Å². The first kappa shape index (κ1) is 21.0. The number of hydrogen-bond acceptors (Lipinski definition) is 11. The van der Waals surface area contributed by atoms with Gasteiger partial charge in [0.25, 0.3) is 11.6 Å². The molecule has 0 aliphatic carbocycles. The number of carbonyl (C=O) groups excluding carboxylic acids is 1. The number of aromatic nitrogens is 5. The molecule has 4 rings (SSSR count). The molecule has 13 heteroatoms. The van der Waals surface area contributed by atoms with Crippen molar-refractivity contribution in [3.63, 3.8) is 0 Å². The summed E-state index contributed by atoms with van der Waals surface area (Å²) in [7, 11) is 0. The summed E-state index contributed by atoms with van der Waals surface area (Å²) in [6.45, 7) is 0. The summed E-state index contributed by atoms with van der Waals surface area (Å²) in [4.78, 5) is 43.4. The fourth-order valence-electron chi connectivity index (χ4n) is 2.58. The number of anilines is 5. The van der Waals surface area contributed by atoms with Gasteiger partial charge in [0.1, 0.15) is 5.82 Å². The van der Waals surface area contributed by atoms with Crippen molar-refractivity contribution in [1.82, 2.24) is 30.3 Å². The Bertz CT molecular complexity index is 1250. The van der Waals surface area contributed by atoms with Crippen LogP contribution in [0.2, 0.25) is 0 Å². The topological polar surface area (TPSA) is 173 Å². The highest BCUT2D eigenvalue weighted by Crippen LogP contribution is 2.20. The standard InChI is InChI=1S/C20H16N10O3/c31-17(13-8-11-21-12-9-13)28-29-20-26-18(23-14-4-6-15(7-5-14)30(32)33)25-19(27-20)24-16-3-1-2-10-22-16/h1-12H,(H,28,31)(H3,22,23,24,25,26,27,29). The van der Waals surface area contributed by atoms with Gasteiger partial charge < -0.3 is 10.6 Å². The smallest absolute Gasteiger partial charge is 0.269 e. The lowest BCUT2D eigenvalue weighted by Crippen LogP contribution is -2.30. The van der Waals surface area contributed by atoms with E-state index in [2.05, 4.69) is 46.4 Å². The molecule has 1 aromatic carbocycles. The Morgan fingerprint density at radius 3 is 2.18 bits per heavy atom. The molecule has 164 valence electrons.